The van der Waals surface area contributed by atoms with Gasteiger partial charge in [0.05, 0.1) is 4.92 Å². The molecule has 22 heavy (non-hydrogen) atoms. The van der Waals surface area contributed by atoms with Crippen LogP contribution >= 0.6 is 0 Å². The lowest BCUT2D eigenvalue weighted by Gasteiger charge is -2.10. The summed E-state index contributed by atoms with van der Waals surface area (Å²) in [7, 11) is 0. The van der Waals surface area contributed by atoms with E-state index in [9.17, 15) is 14.9 Å². The summed E-state index contributed by atoms with van der Waals surface area (Å²) in [5.41, 5.74) is 0.902. The van der Waals surface area contributed by atoms with Crippen LogP contribution in [0.1, 0.15) is 77.7 Å². The molecular weight excluding hydrogens is 278 g/mol. The number of unbranched alkanes of at least 4 members (excludes halogenated alkanes) is 3. The Hall–Kier alpha value is -1.71. The Morgan fingerprint density at radius 2 is 1.55 bits per heavy atom. The Balaban J connectivity index is 0.000000763. The van der Waals surface area contributed by atoms with E-state index in [0.717, 1.165) is 18.4 Å². The van der Waals surface area contributed by atoms with Crippen molar-refractivity contribution in [1.29, 1.82) is 0 Å². The molecule has 4 nitrogen and oxygen atoms in total. The number of nitro groups is 1. The molecule has 4 heteroatoms. The van der Waals surface area contributed by atoms with Gasteiger partial charge in [0.15, 0.2) is 0 Å². The smallest absolute Gasteiger partial charge is 0.269 e. The fourth-order valence-electron chi connectivity index (χ4n) is 1.99. The van der Waals surface area contributed by atoms with Crippen LogP contribution in [0.3, 0.4) is 0 Å². The van der Waals surface area contributed by atoms with Crippen molar-refractivity contribution >= 4 is 11.5 Å². The highest BCUT2D eigenvalue weighted by molar-refractivity contribution is 5.85. The number of nitrogens with zero attached hydrogens (tertiary/aromatic N) is 1. The zero-order chi connectivity index (χ0) is 17.0. The maximum atomic E-state index is 11.8. The van der Waals surface area contributed by atoms with E-state index >= 15 is 0 Å². The Kier molecular flexibility index (Phi) is 11.0. The van der Waals surface area contributed by atoms with Gasteiger partial charge in [-0.1, -0.05) is 65.5 Å². The summed E-state index contributed by atoms with van der Waals surface area (Å²) in [5.74, 6) is 0.0167. The Labute approximate surface area is 134 Å². The first kappa shape index (κ1) is 20.3. The molecule has 1 unspecified atom stereocenters. The number of Topliss-reactive ketones (excluding diaryl/α,β-unsaturated/α-hetero) is 1. The third-order valence-corrected chi connectivity index (χ3v) is 3.57. The summed E-state index contributed by atoms with van der Waals surface area (Å²) in [6.07, 6.45) is 6.55. The van der Waals surface area contributed by atoms with Crippen molar-refractivity contribution in [1.82, 2.24) is 0 Å². The van der Waals surface area contributed by atoms with Crippen molar-refractivity contribution in [3.63, 3.8) is 0 Å². The minimum Gasteiger partial charge on any atom is -0.299 e. The third-order valence-electron chi connectivity index (χ3n) is 3.57. The van der Waals surface area contributed by atoms with Gasteiger partial charge < -0.3 is 0 Å². The van der Waals surface area contributed by atoms with Gasteiger partial charge in [-0.05, 0) is 12.0 Å². The summed E-state index contributed by atoms with van der Waals surface area (Å²) in [4.78, 5) is 21.8. The number of non-ortho nitro benzene ring substituents is 1. The molecule has 0 aromatic heterocycles. The minimum atomic E-state index is -0.437. The molecule has 0 saturated carbocycles. The molecule has 0 amide bonds. The molecule has 1 atom stereocenters. The average molecular weight is 307 g/mol. The second kappa shape index (κ2) is 11.9. The first-order chi connectivity index (χ1) is 10.5. The van der Waals surface area contributed by atoms with E-state index in [1.54, 1.807) is 12.1 Å². The Morgan fingerprint density at radius 3 is 1.91 bits per heavy atom. The molecule has 0 aliphatic carbocycles. The molecule has 1 aromatic rings. The largest absolute Gasteiger partial charge is 0.299 e. The number of rotatable bonds is 8. The van der Waals surface area contributed by atoms with Gasteiger partial charge in [0.25, 0.3) is 5.69 Å². The highest BCUT2D eigenvalue weighted by Crippen LogP contribution is 2.21. The number of carbonyl (C=O) groups excluding carboxylic acids is 1. The molecule has 0 N–H and O–H groups in total. The molecule has 0 heterocycles. The van der Waals surface area contributed by atoms with Crippen LogP contribution in [0.15, 0.2) is 24.3 Å². The molecule has 0 bridgehead atoms. The SMILES string of the molecule is CCCCC.CCCCC(=O)C(C)c1ccc([N+](=O)[O-])cc1. The zero-order valence-corrected chi connectivity index (χ0v) is 14.3. The van der Waals surface area contributed by atoms with E-state index in [1.807, 2.05) is 13.8 Å². The first-order valence-electron chi connectivity index (χ1n) is 8.24. The second-order valence-corrected chi connectivity index (χ2v) is 5.49. The average Bonchev–Trinajstić information content (AvgIpc) is 2.53. The van der Waals surface area contributed by atoms with Gasteiger partial charge in [0, 0.05) is 24.5 Å². The van der Waals surface area contributed by atoms with Gasteiger partial charge in [0.2, 0.25) is 0 Å². The number of ketones is 1. The highest BCUT2D eigenvalue weighted by atomic mass is 16.6. The van der Waals surface area contributed by atoms with Crippen molar-refractivity contribution in [3.8, 4) is 0 Å². The molecule has 124 valence electrons. The summed E-state index contributed by atoms with van der Waals surface area (Å²) in [5, 5.41) is 10.5. The van der Waals surface area contributed by atoms with Crippen LogP contribution in [0.25, 0.3) is 0 Å². The Morgan fingerprint density at radius 1 is 1.05 bits per heavy atom. The molecule has 0 radical (unpaired) electrons. The summed E-state index contributed by atoms with van der Waals surface area (Å²) < 4.78 is 0. The standard InChI is InChI=1S/C13H17NO3.C5H12/c1-3-4-5-13(15)10(2)11-6-8-12(9-7-11)14(16)17;1-3-5-4-2/h6-10H,3-5H2,1-2H3;3-5H2,1-2H3. The normalized spacial score (nSPS) is 11.3. The van der Waals surface area contributed by atoms with Gasteiger partial charge in [-0.3, -0.25) is 14.9 Å². The maximum absolute atomic E-state index is 11.8. The van der Waals surface area contributed by atoms with Crippen LogP contribution in [0.5, 0.6) is 0 Å². The van der Waals surface area contributed by atoms with Crippen LogP contribution in [-0.2, 0) is 4.79 Å². The molecule has 0 aliphatic rings. The van der Waals surface area contributed by atoms with Crippen LogP contribution in [0.4, 0.5) is 5.69 Å². The predicted octanol–water partition coefficient (Wildman–Crippen LogP) is 5.65. The first-order valence-corrected chi connectivity index (χ1v) is 8.24. The van der Waals surface area contributed by atoms with E-state index in [1.165, 1.54) is 31.4 Å². The minimum absolute atomic E-state index is 0.0574. The van der Waals surface area contributed by atoms with Crippen molar-refractivity contribution in [2.75, 3.05) is 0 Å². The molecule has 0 fully saturated rings. The molecule has 1 rings (SSSR count). The second-order valence-electron chi connectivity index (χ2n) is 5.49. The maximum Gasteiger partial charge on any atom is 0.269 e. The molecule has 0 aliphatic heterocycles. The summed E-state index contributed by atoms with van der Waals surface area (Å²) in [6.45, 7) is 8.32. The van der Waals surface area contributed by atoms with E-state index in [2.05, 4.69) is 13.8 Å². The number of hydrogen-bond acceptors (Lipinski definition) is 3. The monoisotopic (exact) mass is 307 g/mol. The van der Waals surface area contributed by atoms with Crippen molar-refractivity contribution in [2.24, 2.45) is 0 Å². The van der Waals surface area contributed by atoms with Crippen LogP contribution in [0, 0.1) is 10.1 Å². The van der Waals surface area contributed by atoms with E-state index < -0.39 is 4.92 Å². The lowest BCUT2D eigenvalue weighted by Crippen LogP contribution is -2.08. The number of nitro benzene ring substituents is 1. The lowest BCUT2D eigenvalue weighted by molar-refractivity contribution is -0.384. The van der Waals surface area contributed by atoms with Crippen molar-refractivity contribution < 1.29 is 9.72 Å². The quantitative estimate of drug-likeness (QED) is 0.460. The van der Waals surface area contributed by atoms with Gasteiger partial charge in [0.1, 0.15) is 5.78 Å². The van der Waals surface area contributed by atoms with E-state index in [4.69, 9.17) is 0 Å². The molecular formula is C18H29NO3. The number of benzene rings is 1. The topological polar surface area (TPSA) is 60.2 Å². The van der Waals surface area contributed by atoms with Crippen LogP contribution in [0.2, 0.25) is 0 Å². The number of carbonyl (C=O) groups is 1. The summed E-state index contributed by atoms with van der Waals surface area (Å²) in [6, 6.07) is 6.21. The molecule has 1 aromatic carbocycles. The molecule has 0 saturated heterocycles. The van der Waals surface area contributed by atoms with Gasteiger partial charge in [-0.15, -0.1) is 0 Å². The zero-order valence-electron chi connectivity index (χ0n) is 14.3. The van der Waals surface area contributed by atoms with Gasteiger partial charge in [-0.2, -0.15) is 0 Å². The van der Waals surface area contributed by atoms with Crippen molar-refractivity contribution in [3.05, 3.63) is 39.9 Å². The highest BCUT2D eigenvalue weighted by Gasteiger charge is 2.15. The van der Waals surface area contributed by atoms with Crippen LogP contribution < -0.4 is 0 Å². The van der Waals surface area contributed by atoms with Gasteiger partial charge in [-0.25, -0.2) is 0 Å². The fraction of sp³-hybridized carbons (Fsp3) is 0.611. The Bertz CT molecular complexity index is 438. The third kappa shape index (κ3) is 7.91. The van der Waals surface area contributed by atoms with Crippen LogP contribution in [-0.4, -0.2) is 10.7 Å². The molecule has 0 spiro atoms. The van der Waals surface area contributed by atoms with Crippen molar-refractivity contribution in [2.45, 2.75) is 72.1 Å². The number of hydrogen-bond donors (Lipinski definition) is 0. The van der Waals surface area contributed by atoms with E-state index in [0.29, 0.717) is 6.42 Å². The summed E-state index contributed by atoms with van der Waals surface area (Å²) >= 11 is 0. The predicted molar refractivity (Wildman–Crippen MR) is 91.2 cm³/mol. The van der Waals surface area contributed by atoms with E-state index in [-0.39, 0.29) is 17.4 Å². The fourth-order valence-corrected chi connectivity index (χ4v) is 1.99. The van der Waals surface area contributed by atoms with Gasteiger partial charge >= 0.3 is 0 Å². The lowest BCUT2D eigenvalue weighted by atomic mass is 9.94.